The molecule has 0 saturated heterocycles. The lowest BCUT2D eigenvalue weighted by Gasteiger charge is -2.25. The third-order valence-corrected chi connectivity index (χ3v) is 4.43. The van der Waals surface area contributed by atoms with Gasteiger partial charge < -0.3 is 15.4 Å². The first kappa shape index (κ1) is 18.2. The summed E-state index contributed by atoms with van der Waals surface area (Å²) in [5.41, 5.74) is 1.23. The van der Waals surface area contributed by atoms with Crippen LogP contribution in [0.4, 0.5) is 0 Å². The van der Waals surface area contributed by atoms with Crippen LogP contribution in [0.3, 0.4) is 0 Å². The number of aryl methyl sites for hydroxylation is 3. The highest BCUT2D eigenvalue weighted by atomic mass is 16.5. The summed E-state index contributed by atoms with van der Waals surface area (Å²) in [5, 5.41) is 11.3. The van der Waals surface area contributed by atoms with Crippen molar-refractivity contribution >= 4 is 5.96 Å². The average Bonchev–Trinajstić information content (AvgIpc) is 3.01. The summed E-state index contributed by atoms with van der Waals surface area (Å²) in [4.78, 5) is 8.89. The van der Waals surface area contributed by atoms with Gasteiger partial charge in [0.15, 0.2) is 5.96 Å². The van der Waals surface area contributed by atoms with E-state index in [1.165, 1.54) is 5.56 Å². The Morgan fingerprint density at radius 3 is 2.85 bits per heavy atom. The Bertz CT molecular complexity index is 752. The molecule has 3 rings (SSSR count). The number of benzene rings is 1. The van der Waals surface area contributed by atoms with Crippen molar-refractivity contribution in [2.75, 3.05) is 13.6 Å². The highest BCUT2D eigenvalue weighted by Gasteiger charge is 2.24. The lowest BCUT2D eigenvalue weighted by atomic mass is 10.1. The lowest BCUT2D eigenvalue weighted by molar-refractivity contribution is 0.223. The summed E-state index contributed by atoms with van der Waals surface area (Å²) in [6, 6.07) is 8.23. The largest absolute Gasteiger partial charge is 0.489 e. The Labute approximate surface area is 154 Å². The van der Waals surface area contributed by atoms with Gasteiger partial charge in [0.2, 0.25) is 0 Å². The van der Waals surface area contributed by atoms with Gasteiger partial charge >= 0.3 is 0 Å². The number of aliphatic imine (C=N–C) groups is 1. The van der Waals surface area contributed by atoms with Crippen LogP contribution in [-0.2, 0) is 6.54 Å². The van der Waals surface area contributed by atoms with Gasteiger partial charge in [-0.25, -0.2) is 9.67 Å². The van der Waals surface area contributed by atoms with Crippen molar-refractivity contribution in [1.82, 2.24) is 25.4 Å². The SMILES string of the molecule is CN=C(NCC(C)Oc1ccc(C)cc1)NC1CCCn2nc(C)nc21. The van der Waals surface area contributed by atoms with Crippen molar-refractivity contribution in [3.63, 3.8) is 0 Å². The number of aromatic nitrogens is 3. The molecule has 1 aromatic heterocycles. The minimum absolute atomic E-state index is 0.0218. The average molecular weight is 356 g/mol. The number of rotatable bonds is 5. The van der Waals surface area contributed by atoms with Gasteiger partial charge in [0.05, 0.1) is 12.6 Å². The zero-order chi connectivity index (χ0) is 18.5. The Morgan fingerprint density at radius 2 is 2.12 bits per heavy atom. The zero-order valence-corrected chi connectivity index (χ0v) is 16.0. The van der Waals surface area contributed by atoms with Crippen LogP contribution < -0.4 is 15.4 Å². The predicted molar refractivity (Wildman–Crippen MR) is 103 cm³/mol. The van der Waals surface area contributed by atoms with Crippen molar-refractivity contribution < 1.29 is 4.74 Å². The molecule has 7 nitrogen and oxygen atoms in total. The Morgan fingerprint density at radius 1 is 1.35 bits per heavy atom. The molecule has 2 N–H and O–H groups in total. The van der Waals surface area contributed by atoms with Crippen molar-refractivity contribution in [2.24, 2.45) is 4.99 Å². The Balaban J connectivity index is 1.53. The maximum Gasteiger partial charge on any atom is 0.191 e. The molecule has 7 heteroatoms. The smallest absolute Gasteiger partial charge is 0.191 e. The van der Waals surface area contributed by atoms with Crippen LogP contribution in [0.5, 0.6) is 5.75 Å². The van der Waals surface area contributed by atoms with Crippen molar-refractivity contribution in [2.45, 2.75) is 52.3 Å². The first-order valence-electron chi connectivity index (χ1n) is 9.17. The number of hydrogen-bond donors (Lipinski definition) is 2. The zero-order valence-electron chi connectivity index (χ0n) is 16.0. The van der Waals surface area contributed by atoms with Gasteiger partial charge in [0.1, 0.15) is 23.5 Å². The molecule has 26 heavy (non-hydrogen) atoms. The van der Waals surface area contributed by atoms with E-state index >= 15 is 0 Å². The van der Waals surface area contributed by atoms with E-state index in [0.717, 1.165) is 42.7 Å². The van der Waals surface area contributed by atoms with Crippen LogP contribution in [0, 0.1) is 13.8 Å². The van der Waals surface area contributed by atoms with Crippen molar-refractivity contribution in [3.8, 4) is 5.75 Å². The van der Waals surface area contributed by atoms with E-state index in [4.69, 9.17) is 4.74 Å². The molecule has 2 aromatic rings. The minimum Gasteiger partial charge on any atom is -0.489 e. The van der Waals surface area contributed by atoms with E-state index in [1.54, 1.807) is 7.05 Å². The number of hydrogen-bond acceptors (Lipinski definition) is 4. The quantitative estimate of drug-likeness (QED) is 0.635. The molecule has 0 amide bonds. The molecular weight excluding hydrogens is 328 g/mol. The van der Waals surface area contributed by atoms with Crippen LogP contribution >= 0.6 is 0 Å². The summed E-state index contributed by atoms with van der Waals surface area (Å²) in [6.45, 7) is 7.63. The standard InChI is InChI=1S/C19H28N6O/c1-13-7-9-16(10-8-13)26-14(2)12-21-19(20-4)23-17-6-5-11-25-18(17)22-15(3)24-25/h7-10,14,17H,5-6,11-12H2,1-4H3,(H2,20,21,23). The second-order valence-electron chi connectivity index (χ2n) is 6.77. The van der Waals surface area contributed by atoms with Gasteiger partial charge in [-0.15, -0.1) is 0 Å². The molecule has 0 spiro atoms. The highest BCUT2D eigenvalue weighted by Crippen LogP contribution is 2.22. The fourth-order valence-electron chi connectivity index (χ4n) is 3.10. The van der Waals surface area contributed by atoms with Gasteiger partial charge in [-0.1, -0.05) is 17.7 Å². The normalized spacial score (nSPS) is 18.2. The first-order chi connectivity index (χ1) is 12.5. The van der Waals surface area contributed by atoms with Gasteiger partial charge in [-0.05, 0) is 45.7 Å². The molecule has 2 unspecified atom stereocenters. The van der Waals surface area contributed by atoms with E-state index in [-0.39, 0.29) is 12.1 Å². The van der Waals surface area contributed by atoms with Crippen LogP contribution in [0.1, 0.15) is 43.0 Å². The van der Waals surface area contributed by atoms with E-state index < -0.39 is 0 Å². The molecule has 0 radical (unpaired) electrons. The number of ether oxygens (including phenoxy) is 1. The summed E-state index contributed by atoms with van der Waals surface area (Å²) in [7, 11) is 1.78. The molecule has 0 saturated carbocycles. The molecule has 140 valence electrons. The van der Waals surface area contributed by atoms with Gasteiger partial charge in [0, 0.05) is 13.6 Å². The van der Waals surface area contributed by atoms with E-state index in [9.17, 15) is 0 Å². The minimum atomic E-state index is 0.0218. The van der Waals surface area contributed by atoms with Crippen LogP contribution in [0.15, 0.2) is 29.3 Å². The fourth-order valence-corrected chi connectivity index (χ4v) is 3.10. The van der Waals surface area contributed by atoms with Crippen molar-refractivity contribution in [3.05, 3.63) is 41.5 Å². The maximum absolute atomic E-state index is 5.94. The molecule has 2 atom stereocenters. The van der Waals surface area contributed by atoms with E-state index in [1.807, 2.05) is 30.7 Å². The molecule has 0 bridgehead atoms. The van der Waals surface area contributed by atoms with E-state index in [2.05, 4.69) is 44.8 Å². The molecule has 1 aliphatic rings. The summed E-state index contributed by atoms with van der Waals surface area (Å²) in [5.74, 6) is 3.43. The molecular formula is C19H28N6O. The summed E-state index contributed by atoms with van der Waals surface area (Å²) >= 11 is 0. The summed E-state index contributed by atoms with van der Waals surface area (Å²) < 4.78 is 7.94. The molecule has 0 aliphatic carbocycles. The second kappa shape index (κ2) is 8.21. The predicted octanol–water partition coefficient (Wildman–Crippen LogP) is 2.36. The molecule has 0 fully saturated rings. The number of nitrogens with zero attached hydrogens (tertiary/aromatic N) is 4. The van der Waals surface area contributed by atoms with Gasteiger partial charge in [-0.2, -0.15) is 5.10 Å². The first-order valence-corrected chi connectivity index (χ1v) is 9.17. The fraction of sp³-hybridized carbons (Fsp3) is 0.526. The third-order valence-electron chi connectivity index (χ3n) is 4.43. The Hall–Kier alpha value is -2.57. The van der Waals surface area contributed by atoms with Crippen LogP contribution in [-0.4, -0.2) is 40.4 Å². The number of fused-ring (bicyclic) bond motifs is 1. The van der Waals surface area contributed by atoms with Gasteiger partial charge in [0.25, 0.3) is 0 Å². The number of nitrogens with one attached hydrogen (secondary N) is 2. The number of guanidine groups is 1. The molecule has 1 aliphatic heterocycles. The topological polar surface area (TPSA) is 76.4 Å². The van der Waals surface area contributed by atoms with Gasteiger partial charge in [-0.3, -0.25) is 4.99 Å². The van der Waals surface area contributed by atoms with Crippen LogP contribution in [0.25, 0.3) is 0 Å². The monoisotopic (exact) mass is 356 g/mol. The molecule has 2 heterocycles. The highest BCUT2D eigenvalue weighted by molar-refractivity contribution is 5.80. The Kier molecular flexibility index (Phi) is 5.75. The van der Waals surface area contributed by atoms with Crippen LogP contribution in [0.2, 0.25) is 0 Å². The third kappa shape index (κ3) is 4.53. The molecule has 1 aromatic carbocycles. The van der Waals surface area contributed by atoms with E-state index in [0.29, 0.717) is 6.54 Å². The lowest BCUT2D eigenvalue weighted by Crippen LogP contribution is -2.44. The van der Waals surface area contributed by atoms with Crippen molar-refractivity contribution in [1.29, 1.82) is 0 Å². The second-order valence-corrected chi connectivity index (χ2v) is 6.77. The maximum atomic E-state index is 5.94. The summed E-state index contributed by atoms with van der Waals surface area (Å²) in [6.07, 6.45) is 2.12.